The maximum absolute atomic E-state index is 12.3. The molecule has 1 aromatic carbocycles. The number of nitrogens with one attached hydrogen (secondary N) is 1. The highest BCUT2D eigenvalue weighted by Gasteiger charge is 2.18. The zero-order chi connectivity index (χ0) is 14.9. The van der Waals surface area contributed by atoms with Crippen LogP contribution < -0.4 is 4.72 Å². The summed E-state index contributed by atoms with van der Waals surface area (Å²) in [4.78, 5) is 0.130. The van der Waals surface area contributed by atoms with Crippen LogP contribution in [0.1, 0.15) is 25.5 Å². The largest absolute Gasteiger partial charge is 0.279 e. The van der Waals surface area contributed by atoms with Gasteiger partial charge in [0, 0.05) is 17.3 Å². The molecule has 1 N–H and O–H groups in total. The Morgan fingerprint density at radius 1 is 1.35 bits per heavy atom. The summed E-state index contributed by atoms with van der Waals surface area (Å²) in [6.45, 7) is 5.67. The van der Waals surface area contributed by atoms with Crippen molar-refractivity contribution in [1.29, 1.82) is 0 Å². The van der Waals surface area contributed by atoms with Crippen LogP contribution in [0.3, 0.4) is 0 Å². The Bertz CT molecular complexity index is 723. The van der Waals surface area contributed by atoms with Gasteiger partial charge in [-0.15, -0.1) is 0 Å². The van der Waals surface area contributed by atoms with Crippen LogP contribution >= 0.6 is 11.6 Å². The molecule has 0 spiro atoms. The predicted octanol–water partition coefficient (Wildman–Crippen LogP) is 3.23. The second-order valence-electron chi connectivity index (χ2n) is 4.81. The third-order valence-electron chi connectivity index (χ3n) is 2.86. The first-order valence-electron chi connectivity index (χ1n) is 6.13. The van der Waals surface area contributed by atoms with Gasteiger partial charge in [0.25, 0.3) is 10.0 Å². The van der Waals surface area contributed by atoms with Gasteiger partial charge in [-0.05, 0) is 38.5 Å². The zero-order valence-electron chi connectivity index (χ0n) is 11.5. The molecule has 0 saturated carbocycles. The number of aryl methyl sites for hydroxylation is 1. The standard InChI is InChI=1S/C13H16ClN3O2S/c1-9(2)17-8-12(7-15-17)20(18,19)16-13-6-11(14)5-4-10(13)3/h4-9,16H,1-3H3. The van der Waals surface area contributed by atoms with Gasteiger partial charge >= 0.3 is 0 Å². The Hall–Kier alpha value is -1.53. The van der Waals surface area contributed by atoms with E-state index < -0.39 is 10.0 Å². The van der Waals surface area contributed by atoms with E-state index in [9.17, 15) is 8.42 Å². The molecule has 2 rings (SSSR count). The maximum atomic E-state index is 12.3. The van der Waals surface area contributed by atoms with Crippen LogP contribution in [0, 0.1) is 6.92 Å². The van der Waals surface area contributed by atoms with Gasteiger partial charge in [-0.2, -0.15) is 5.10 Å². The fourth-order valence-corrected chi connectivity index (χ4v) is 2.88. The minimum atomic E-state index is -3.66. The van der Waals surface area contributed by atoms with Crippen molar-refractivity contribution >= 4 is 27.3 Å². The molecule has 7 heteroatoms. The highest BCUT2D eigenvalue weighted by molar-refractivity contribution is 7.92. The second-order valence-corrected chi connectivity index (χ2v) is 6.93. The molecule has 0 atom stereocenters. The van der Waals surface area contributed by atoms with Crippen molar-refractivity contribution in [2.45, 2.75) is 31.7 Å². The molecule has 0 fully saturated rings. The van der Waals surface area contributed by atoms with Gasteiger partial charge in [-0.3, -0.25) is 9.40 Å². The molecule has 0 aliphatic heterocycles. The minimum Gasteiger partial charge on any atom is -0.279 e. The molecule has 0 bridgehead atoms. The number of aromatic nitrogens is 2. The lowest BCUT2D eigenvalue weighted by molar-refractivity contribution is 0.531. The lowest BCUT2D eigenvalue weighted by Gasteiger charge is -2.09. The van der Waals surface area contributed by atoms with E-state index in [1.165, 1.54) is 12.4 Å². The summed E-state index contributed by atoms with van der Waals surface area (Å²) in [5.74, 6) is 0. The molecule has 20 heavy (non-hydrogen) atoms. The number of hydrogen-bond acceptors (Lipinski definition) is 3. The van der Waals surface area contributed by atoms with Crippen LogP contribution in [0.2, 0.25) is 5.02 Å². The number of sulfonamides is 1. The van der Waals surface area contributed by atoms with Crippen molar-refractivity contribution in [3.05, 3.63) is 41.2 Å². The van der Waals surface area contributed by atoms with Crippen LogP contribution in [0.5, 0.6) is 0 Å². The van der Waals surface area contributed by atoms with Gasteiger partial charge < -0.3 is 0 Å². The highest BCUT2D eigenvalue weighted by Crippen LogP contribution is 2.23. The average molecular weight is 314 g/mol. The molecule has 0 amide bonds. The van der Waals surface area contributed by atoms with E-state index in [4.69, 9.17) is 11.6 Å². The molecule has 0 radical (unpaired) electrons. The Labute approximate surface area is 123 Å². The lowest BCUT2D eigenvalue weighted by Crippen LogP contribution is -2.13. The van der Waals surface area contributed by atoms with Crippen LogP contribution in [0.15, 0.2) is 35.5 Å². The van der Waals surface area contributed by atoms with E-state index >= 15 is 0 Å². The fourth-order valence-electron chi connectivity index (χ4n) is 1.65. The zero-order valence-corrected chi connectivity index (χ0v) is 13.0. The SMILES string of the molecule is Cc1ccc(Cl)cc1NS(=O)(=O)c1cnn(C(C)C)c1. The van der Waals surface area contributed by atoms with E-state index in [1.807, 2.05) is 20.8 Å². The van der Waals surface area contributed by atoms with Crippen LogP contribution in [-0.4, -0.2) is 18.2 Å². The first-order valence-corrected chi connectivity index (χ1v) is 7.99. The monoisotopic (exact) mass is 313 g/mol. The Balaban J connectivity index is 2.33. The van der Waals surface area contributed by atoms with Gasteiger partial charge in [-0.25, -0.2) is 8.42 Å². The van der Waals surface area contributed by atoms with E-state index in [0.717, 1.165) is 5.56 Å². The average Bonchev–Trinajstić information content (AvgIpc) is 2.84. The quantitative estimate of drug-likeness (QED) is 0.942. The molecule has 0 unspecified atom stereocenters. The third kappa shape index (κ3) is 3.13. The number of hydrogen-bond donors (Lipinski definition) is 1. The van der Waals surface area contributed by atoms with Gasteiger partial charge in [-0.1, -0.05) is 17.7 Å². The van der Waals surface area contributed by atoms with Crippen molar-refractivity contribution in [2.75, 3.05) is 4.72 Å². The first kappa shape index (κ1) is 14.9. The summed E-state index contributed by atoms with van der Waals surface area (Å²) < 4.78 is 28.7. The van der Waals surface area contributed by atoms with E-state index in [2.05, 4.69) is 9.82 Å². The van der Waals surface area contributed by atoms with Crippen LogP contribution in [0.25, 0.3) is 0 Å². The topological polar surface area (TPSA) is 64.0 Å². The van der Waals surface area contributed by atoms with Gasteiger partial charge in [0.1, 0.15) is 4.90 Å². The highest BCUT2D eigenvalue weighted by atomic mass is 35.5. The predicted molar refractivity (Wildman–Crippen MR) is 79.6 cm³/mol. The van der Waals surface area contributed by atoms with Crippen LogP contribution in [-0.2, 0) is 10.0 Å². The number of nitrogens with zero attached hydrogens (tertiary/aromatic N) is 2. The molecule has 5 nitrogen and oxygen atoms in total. The molecule has 1 heterocycles. The van der Waals surface area contributed by atoms with E-state index in [-0.39, 0.29) is 10.9 Å². The molecular formula is C13H16ClN3O2S. The summed E-state index contributed by atoms with van der Waals surface area (Å²) in [7, 11) is -3.66. The lowest BCUT2D eigenvalue weighted by atomic mass is 10.2. The normalized spacial score (nSPS) is 11.8. The second kappa shape index (κ2) is 5.46. The number of benzene rings is 1. The number of rotatable bonds is 4. The molecule has 0 aliphatic rings. The van der Waals surface area contributed by atoms with Crippen molar-refractivity contribution in [3.8, 4) is 0 Å². The summed E-state index contributed by atoms with van der Waals surface area (Å²) in [6.07, 6.45) is 2.84. The summed E-state index contributed by atoms with van der Waals surface area (Å²) in [5, 5.41) is 4.51. The molecule has 0 saturated heterocycles. The van der Waals surface area contributed by atoms with E-state index in [0.29, 0.717) is 10.7 Å². The molecule has 0 aliphatic carbocycles. The Morgan fingerprint density at radius 3 is 2.65 bits per heavy atom. The van der Waals surface area contributed by atoms with Crippen molar-refractivity contribution in [2.24, 2.45) is 0 Å². The Kier molecular flexibility index (Phi) is 4.06. The number of anilines is 1. The first-order chi connectivity index (χ1) is 9.29. The maximum Gasteiger partial charge on any atom is 0.265 e. The summed E-state index contributed by atoms with van der Waals surface area (Å²) >= 11 is 5.89. The Morgan fingerprint density at radius 2 is 2.05 bits per heavy atom. The van der Waals surface area contributed by atoms with Crippen molar-refractivity contribution < 1.29 is 8.42 Å². The van der Waals surface area contributed by atoms with E-state index in [1.54, 1.807) is 22.9 Å². The molecule has 2 aromatic rings. The smallest absolute Gasteiger partial charge is 0.265 e. The summed E-state index contributed by atoms with van der Waals surface area (Å²) in [5.41, 5.74) is 1.27. The fraction of sp³-hybridized carbons (Fsp3) is 0.308. The molecular weight excluding hydrogens is 298 g/mol. The van der Waals surface area contributed by atoms with Crippen molar-refractivity contribution in [1.82, 2.24) is 9.78 Å². The molecule has 108 valence electrons. The van der Waals surface area contributed by atoms with Gasteiger partial charge in [0.15, 0.2) is 0 Å². The van der Waals surface area contributed by atoms with Gasteiger partial charge in [0.05, 0.1) is 11.9 Å². The minimum absolute atomic E-state index is 0.104. The molecule has 1 aromatic heterocycles. The summed E-state index contributed by atoms with van der Waals surface area (Å²) in [6, 6.07) is 5.16. The van der Waals surface area contributed by atoms with Crippen molar-refractivity contribution in [3.63, 3.8) is 0 Å². The van der Waals surface area contributed by atoms with Gasteiger partial charge in [0.2, 0.25) is 0 Å². The number of halogens is 1. The van der Waals surface area contributed by atoms with Crippen LogP contribution in [0.4, 0.5) is 5.69 Å². The third-order valence-corrected chi connectivity index (χ3v) is 4.42.